The average molecular weight is 566 g/mol. The second-order valence-electron chi connectivity index (χ2n) is 12.3. The van der Waals surface area contributed by atoms with Gasteiger partial charge in [0.25, 0.3) is 5.91 Å². The van der Waals surface area contributed by atoms with E-state index in [1.54, 1.807) is 12.0 Å². The van der Waals surface area contributed by atoms with Crippen molar-refractivity contribution in [1.29, 1.82) is 0 Å². The van der Waals surface area contributed by atoms with Crippen molar-refractivity contribution in [2.45, 2.75) is 64.1 Å². The van der Waals surface area contributed by atoms with Crippen LogP contribution >= 0.6 is 0 Å². The molecule has 3 unspecified atom stereocenters. The number of carbonyl (C=O) groups excluding carboxylic acids is 2. The summed E-state index contributed by atoms with van der Waals surface area (Å²) in [5, 5.41) is 3.22. The molecule has 0 saturated carbocycles. The molecule has 0 aliphatic carbocycles. The summed E-state index contributed by atoms with van der Waals surface area (Å²) in [5.74, 6) is 1.27. The van der Waals surface area contributed by atoms with E-state index in [9.17, 15) is 9.59 Å². The van der Waals surface area contributed by atoms with Gasteiger partial charge in [0.2, 0.25) is 0 Å². The summed E-state index contributed by atoms with van der Waals surface area (Å²) in [6.45, 7) is 11.7. The zero-order chi connectivity index (χ0) is 29.1. The number of fused-ring (bicyclic) bond motifs is 3. The summed E-state index contributed by atoms with van der Waals surface area (Å²) in [4.78, 5) is 29.9. The summed E-state index contributed by atoms with van der Waals surface area (Å²) >= 11 is 0. The smallest absolute Gasteiger partial charge is 0.407 e. The molecule has 1 N–H and O–H groups in total. The molecule has 2 saturated heterocycles. The molecule has 0 spiro atoms. The van der Waals surface area contributed by atoms with E-state index < -0.39 is 11.7 Å². The molecule has 2 aromatic rings. The Labute approximate surface area is 243 Å². The van der Waals surface area contributed by atoms with Crippen LogP contribution in [-0.4, -0.2) is 86.6 Å². The third kappa shape index (κ3) is 6.96. The lowest BCUT2D eigenvalue weighted by Crippen LogP contribution is -2.53. The predicted molar refractivity (Wildman–Crippen MR) is 156 cm³/mol. The summed E-state index contributed by atoms with van der Waals surface area (Å²) in [6, 6.07) is 12.7. The number of benzene rings is 2. The molecular weight excluding hydrogens is 522 g/mol. The van der Waals surface area contributed by atoms with E-state index in [-0.39, 0.29) is 30.5 Å². The van der Waals surface area contributed by atoms with E-state index in [2.05, 4.69) is 47.5 Å². The van der Waals surface area contributed by atoms with E-state index in [1.165, 1.54) is 22.3 Å². The molecule has 3 heterocycles. The van der Waals surface area contributed by atoms with Crippen molar-refractivity contribution >= 4 is 12.0 Å². The van der Waals surface area contributed by atoms with Crippen LogP contribution in [0.5, 0.6) is 11.5 Å². The zero-order valence-corrected chi connectivity index (χ0v) is 24.9. The summed E-state index contributed by atoms with van der Waals surface area (Å²) in [7, 11) is 1.63. The standard InChI is InChI=1S/C32H43N3O6/c1-21-7-6-8-22(15-21)25-19-35-10-9-23-16-29(40-20-30(36)34-11-13-39-14-12-34)28(38-5)17-24(23)27(35)18-26(25)33-31(37)41-32(2,3)4/h6-8,15-17,25-27H,9-14,18-20H2,1-5H3,(H,33,37). The lowest BCUT2D eigenvalue weighted by atomic mass is 9.77. The molecule has 3 atom stereocenters. The van der Waals surface area contributed by atoms with Gasteiger partial charge in [0.15, 0.2) is 18.1 Å². The zero-order valence-electron chi connectivity index (χ0n) is 24.9. The highest BCUT2D eigenvalue weighted by Crippen LogP contribution is 2.45. The number of hydrogen-bond acceptors (Lipinski definition) is 7. The van der Waals surface area contributed by atoms with Gasteiger partial charge in [-0.2, -0.15) is 0 Å². The molecule has 3 aliphatic heterocycles. The number of amides is 2. The topological polar surface area (TPSA) is 89.6 Å². The normalized spacial score (nSPS) is 22.8. The highest BCUT2D eigenvalue weighted by molar-refractivity contribution is 5.78. The molecule has 222 valence electrons. The maximum atomic E-state index is 12.9. The molecule has 9 heteroatoms. The number of methoxy groups -OCH3 is 1. The van der Waals surface area contributed by atoms with Gasteiger partial charge in [-0.1, -0.05) is 29.8 Å². The second-order valence-corrected chi connectivity index (χ2v) is 12.3. The largest absolute Gasteiger partial charge is 0.493 e. The molecule has 0 bridgehead atoms. The number of carbonyl (C=O) groups is 2. The van der Waals surface area contributed by atoms with Crippen LogP contribution in [0.3, 0.4) is 0 Å². The monoisotopic (exact) mass is 565 g/mol. The first-order valence-corrected chi connectivity index (χ1v) is 14.6. The quantitative estimate of drug-likeness (QED) is 0.561. The first-order chi connectivity index (χ1) is 19.6. The number of nitrogens with one attached hydrogen (secondary N) is 1. The van der Waals surface area contributed by atoms with Crippen LogP contribution in [0.1, 0.15) is 61.4 Å². The van der Waals surface area contributed by atoms with E-state index in [0.29, 0.717) is 37.8 Å². The van der Waals surface area contributed by atoms with Gasteiger partial charge in [-0.05, 0) is 69.4 Å². The van der Waals surface area contributed by atoms with Gasteiger partial charge in [-0.25, -0.2) is 4.79 Å². The minimum atomic E-state index is -0.575. The van der Waals surface area contributed by atoms with Crippen molar-refractivity contribution in [3.63, 3.8) is 0 Å². The molecule has 9 nitrogen and oxygen atoms in total. The number of rotatable bonds is 6. The third-order valence-corrected chi connectivity index (χ3v) is 8.18. The Kier molecular flexibility index (Phi) is 8.75. The molecule has 3 aliphatic rings. The Balaban J connectivity index is 1.38. The highest BCUT2D eigenvalue weighted by Gasteiger charge is 2.41. The van der Waals surface area contributed by atoms with Crippen LogP contribution in [0.2, 0.25) is 0 Å². The fourth-order valence-electron chi connectivity index (χ4n) is 6.21. The van der Waals surface area contributed by atoms with Gasteiger partial charge in [-0.3, -0.25) is 9.69 Å². The molecule has 2 aromatic carbocycles. The lowest BCUT2D eigenvalue weighted by Gasteiger charge is -2.47. The van der Waals surface area contributed by atoms with Crippen LogP contribution < -0.4 is 14.8 Å². The number of aryl methyl sites for hydroxylation is 1. The van der Waals surface area contributed by atoms with Gasteiger partial charge in [0.1, 0.15) is 5.60 Å². The van der Waals surface area contributed by atoms with Crippen molar-refractivity contribution in [1.82, 2.24) is 15.1 Å². The number of hydrogen-bond donors (Lipinski definition) is 1. The summed E-state index contributed by atoms with van der Waals surface area (Å²) in [5.41, 5.74) is 4.22. The first kappa shape index (κ1) is 29.2. The van der Waals surface area contributed by atoms with E-state index >= 15 is 0 Å². The predicted octanol–water partition coefficient (Wildman–Crippen LogP) is 4.22. The van der Waals surface area contributed by atoms with E-state index in [0.717, 1.165) is 25.9 Å². The Hall–Kier alpha value is -3.30. The Morgan fingerprint density at radius 1 is 1.07 bits per heavy atom. The second kappa shape index (κ2) is 12.3. The van der Waals surface area contributed by atoms with Gasteiger partial charge in [0, 0.05) is 44.2 Å². The Morgan fingerprint density at radius 3 is 2.56 bits per heavy atom. The van der Waals surface area contributed by atoms with Gasteiger partial charge < -0.3 is 29.2 Å². The Morgan fingerprint density at radius 2 is 1.85 bits per heavy atom. The van der Waals surface area contributed by atoms with E-state index in [4.69, 9.17) is 18.9 Å². The van der Waals surface area contributed by atoms with Crippen LogP contribution in [0, 0.1) is 6.92 Å². The molecule has 2 amide bonds. The maximum Gasteiger partial charge on any atom is 0.407 e. The number of morpholine rings is 1. The van der Waals surface area contributed by atoms with E-state index in [1.807, 2.05) is 26.8 Å². The maximum absolute atomic E-state index is 12.9. The molecule has 0 radical (unpaired) electrons. The van der Waals surface area contributed by atoms with Gasteiger partial charge in [0.05, 0.1) is 20.3 Å². The minimum Gasteiger partial charge on any atom is -0.493 e. The van der Waals surface area contributed by atoms with Crippen molar-refractivity contribution in [2.24, 2.45) is 0 Å². The minimum absolute atomic E-state index is 0.0369. The van der Waals surface area contributed by atoms with Crippen molar-refractivity contribution in [3.05, 3.63) is 58.7 Å². The number of ether oxygens (including phenoxy) is 4. The molecule has 2 fully saturated rings. The van der Waals surface area contributed by atoms with Crippen LogP contribution in [0.15, 0.2) is 36.4 Å². The van der Waals surface area contributed by atoms with Crippen LogP contribution in [0.4, 0.5) is 4.79 Å². The van der Waals surface area contributed by atoms with Gasteiger partial charge >= 0.3 is 6.09 Å². The molecule has 5 rings (SSSR count). The average Bonchev–Trinajstić information content (AvgIpc) is 2.94. The van der Waals surface area contributed by atoms with Crippen molar-refractivity contribution < 1.29 is 28.5 Å². The fraction of sp³-hybridized carbons (Fsp3) is 0.562. The van der Waals surface area contributed by atoms with Crippen molar-refractivity contribution in [3.8, 4) is 11.5 Å². The summed E-state index contributed by atoms with van der Waals surface area (Å²) in [6.07, 6.45) is 1.22. The SMILES string of the molecule is COc1cc2c(cc1OCC(=O)N1CCOCC1)CCN1CC(c3cccc(C)c3)C(NC(=O)OC(C)(C)C)CC21. The molecule has 0 aromatic heterocycles. The number of nitrogens with zero attached hydrogens (tertiary/aromatic N) is 2. The fourth-order valence-corrected chi connectivity index (χ4v) is 6.21. The lowest BCUT2D eigenvalue weighted by molar-refractivity contribution is -0.137. The molecule has 41 heavy (non-hydrogen) atoms. The van der Waals surface area contributed by atoms with Crippen LogP contribution in [0.25, 0.3) is 0 Å². The highest BCUT2D eigenvalue weighted by atomic mass is 16.6. The third-order valence-electron chi connectivity index (χ3n) is 8.18. The first-order valence-electron chi connectivity index (χ1n) is 14.6. The Bertz CT molecular complexity index is 1250. The molecular formula is C32H43N3O6. The summed E-state index contributed by atoms with van der Waals surface area (Å²) < 4.78 is 22.8. The number of alkyl carbamates (subject to hydrolysis) is 1. The number of piperidine rings is 1. The van der Waals surface area contributed by atoms with Crippen molar-refractivity contribution in [2.75, 3.05) is 53.1 Å². The van der Waals surface area contributed by atoms with Crippen LogP contribution in [-0.2, 0) is 20.7 Å². The van der Waals surface area contributed by atoms with Gasteiger partial charge in [-0.15, -0.1) is 0 Å².